The highest BCUT2D eigenvalue weighted by Crippen LogP contribution is 2.51. The quantitative estimate of drug-likeness (QED) is 0.774. The van der Waals surface area contributed by atoms with Crippen LogP contribution < -0.4 is 0 Å². The van der Waals surface area contributed by atoms with Gasteiger partial charge in [0.15, 0.2) is 11.6 Å². The van der Waals surface area contributed by atoms with Crippen molar-refractivity contribution < 1.29 is 40.3 Å². The van der Waals surface area contributed by atoms with Gasteiger partial charge in [0.25, 0.3) is 0 Å². The Morgan fingerprint density at radius 1 is 0.773 bits per heavy atom. The Kier molecular flexibility index (Phi) is 3.42. The molecule has 2 nitrogen and oxygen atoms in total. The van der Waals surface area contributed by atoms with Gasteiger partial charge in [0.05, 0.1) is 5.57 Å². The van der Waals surface area contributed by atoms with Crippen molar-refractivity contribution in [1.82, 2.24) is 0 Å². The molecule has 0 radical (unpaired) electrons. The number of rotatable bonds is 2. The molecular weight excluding hydrogens is 321 g/mol. The monoisotopic (exact) mass is 326 g/mol. The second-order valence-electron chi connectivity index (χ2n) is 4.44. The third kappa shape index (κ3) is 2.11. The van der Waals surface area contributed by atoms with E-state index in [1.54, 1.807) is 0 Å². The lowest BCUT2D eigenvalue weighted by Crippen LogP contribution is -2.54. The first-order valence-electron chi connectivity index (χ1n) is 5.64. The van der Waals surface area contributed by atoms with E-state index in [1.165, 1.54) is 6.07 Å². The molecule has 1 aromatic carbocycles. The van der Waals surface area contributed by atoms with Crippen LogP contribution >= 0.6 is 0 Å². The number of hydrogen-bond acceptors (Lipinski definition) is 2. The normalized spacial score (nSPS) is 16.4. The average molecular weight is 326 g/mol. The van der Waals surface area contributed by atoms with E-state index >= 15 is 0 Å². The molecule has 0 spiro atoms. The van der Waals surface area contributed by atoms with Crippen molar-refractivity contribution in [2.75, 3.05) is 0 Å². The number of halogens is 7. The first-order valence-corrected chi connectivity index (χ1v) is 5.64. The Balaban J connectivity index is 2.59. The maximum absolute atomic E-state index is 13.6. The molecule has 118 valence electrons. The van der Waals surface area contributed by atoms with Crippen molar-refractivity contribution in [1.29, 1.82) is 0 Å². The van der Waals surface area contributed by atoms with Crippen LogP contribution in [0.4, 0.5) is 30.7 Å². The molecule has 9 heteroatoms. The molecule has 1 aliphatic rings. The smallest absolute Gasteiger partial charge is 0.289 e. The zero-order chi connectivity index (χ0) is 16.9. The zero-order valence-corrected chi connectivity index (χ0v) is 10.3. The van der Waals surface area contributed by atoms with Gasteiger partial charge in [0.1, 0.15) is 0 Å². The third-order valence-corrected chi connectivity index (χ3v) is 3.05. The summed E-state index contributed by atoms with van der Waals surface area (Å²) in [6, 6.07) is 4.41. The van der Waals surface area contributed by atoms with E-state index in [1.807, 2.05) is 0 Å². The number of allylic oxidation sites excluding steroid dienone is 2. The minimum atomic E-state index is -6.59. The number of fused-ring (bicyclic) bond motifs is 1. The number of carbonyl (C=O) groups is 2. The Morgan fingerprint density at radius 2 is 1.27 bits per heavy atom. The molecule has 0 heterocycles. The van der Waals surface area contributed by atoms with E-state index in [2.05, 4.69) is 0 Å². The average Bonchev–Trinajstić information content (AvgIpc) is 2.41. The molecule has 0 fully saturated rings. The van der Waals surface area contributed by atoms with Crippen molar-refractivity contribution in [3.63, 3.8) is 0 Å². The number of carbonyl (C=O) groups excluding carboxylic acids is 2. The molecule has 0 aliphatic heterocycles. The van der Waals surface area contributed by atoms with Gasteiger partial charge in [0.2, 0.25) is 0 Å². The molecule has 0 saturated heterocycles. The predicted octanol–water partition coefficient (Wildman–Crippen LogP) is 3.82. The van der Waals surface area contributed by atoms with Crippen molar-refractivity contribution in [3.8, 4) is 0 Å². The molecule has 0 saturated carbocycles. The number of hydrogen-bond donors (Lipinski definition) is 0. The SMILES string of the molecule is O=C1C=C(C(F)(F)C(F)(F)C(F)(F)F)C(=O)c2ccccc21. The topological polar surface area (TPSA) is 34.1 Å². The van der Waals surface area contributed by atoms with Gasteiger partial charge in [-0.25, -0.2) is 0 Å². The number of ketones is 2. The van der Waals surface area contributed by atoms with Crippen LogP contribution in [0, 0.1) is 0 Å². The van der Waals surface area contributed by atoms with Gasteiger partial charge in [-0.1, -0.05) is 24.3 Å². The van der Waals surface area contributed by atoms with E-state index in [-0.39, 0.29) is 11.6 Å². The van der Waals surface area contributed by atoms with Gasteiger partial charge < -0.3 is 0 Å². The largest absolute Gasteiger partial charge is 0.460 e. The Labute approximate surface area is 118 Å². The molecule has 1 aliphatic carbocycles. The maximum atomic E-state index is 13.6. The number of benzene rings is 1. The third-order valence-electron chi connectivity index (χ3n) is 3.05. The lowest BCUT2D eigenvalue weighted by atomic mass is 9.85. The summed E-state index contributed by atoms with van der Waals surface area (Å²) in [5.41, 5.74) is -3.18. The summed E-state index contributed by atoms with van der Waals surface area (Å²) in [5, 5.41) is 0. The Bertz CT molecular complexity index is 686. The molecule has 0 aromatic heterocycles. The highest BCUT2D eigenvalue weighted by Gasteiger charge is 2.75. The predicted molar refractivity (Wildman–Crippen MR) is 59.1 cm³/mol. The Morgan fingerprint density at radius 3 is 1.77 bits per heavy atom. The highest BCUT2D eigenvalue weighted by atomic mass is 19.4. The second kappa shape index (κ2) is 4.65. The lowest BCUT2D eigenvalue weighted by Gasteiger charge is -2.30. The standard InChI is InChI=1S/C13H5F7O2/c14-11(15,12(16,17)13(18,19)20)8-5-9(21)6-3-1-2-4-7(6)10(8)22/h1-5H. The molecule has 2 rings (SSSR count). The molecule has 1 aromatic rings. The fourth-order valence-electron chi connectivity index (χ4n) is 1.90. The van der Waals surface area contributed by atoms with Crippen LogP contribution in [0.15, 0.2) is 35.9 Å². The van der Waals surface area contributed by atoms with E-state index in [0.717, 1.165) is 18.2 Å². The molecule has 22 heavy (non-hydrogen) atoms. The molecule has 0 amide bonds. The summed E-state index contributed by atoms with van der Waals surface area (Å²) in [5.74, 6) is -15.4. The number of alkyl halides is 7. The first kappa shape index (κ1) is 16.2. The van der Waals surface area contributed by atoms with Gasteiger partial charge in [-0.3, -0.25) is 9.59 Å². The van der Waals surface area contributed by atoms with Crippen molar-refractivity contribution in [3.05, 3.63) is 47.0 Å². The van der Waals surface area contributed by atoms with Gasteiger partial charge >= 0.3 is 18.0 Å². The zero-order valence-electron chi connectivity index (χ0n) is 10.3. The van der Waals surface area contributed by atoms with Crippen LogP contribution in [0.5, 0.6) is 0 Å². The van der Waals surface area contributed by atoms with Crippen LogP contribution in [0.25, 0.3) is 0 Å². The van der Waals surface area contributed by atoms with Crippen LogP contribution in [0.2, 0.25) is 0 Å². The van der Waals surface area contributed by atoms with Gasteiger partial charge in [0, 0.05) is 11.1 Å². The van der Waals surface area contributed by atoms with E-state index < -0.39 is 40.7 Å². The summed E-state index contributed by atoms with van der Waals surface area (Å²) < 4.78 is 89.6. The summed E-state index contributed by atoms with van der Waals surface area (Å²) in [7, 11) is 0. The van der Waals surface area contributed by atoms with Crippen LogP contribution in [-0.4, -0.2) is 29.6 Å². The summed E-state index contributed by atoms with van der Waals surface area (Å²) in [6.07, 6.45) is -6.76. The molecule has 0 bridgehead atoms. The molecule has 0 N–H and O–H groups in total. The fourth-order valence-corrected chi connectivity index (χ4v) is 1.90. The van der Waals surface area contributed by atoms with Crippen molar-refractivity contribution >= 4 is 11.6 Å². The minimum Gasteiger partial charge on any atom is -0.289 e. The summed E-state index contributed by atoms with van der Waals surface area (Å²) in [4.78, 5) is 23.4. The lowest BCUT2D eigenvalue weighted by molar-refractivity contribution is -0.343. The van der Waals surface area contributed by atoms with Gasteiger partial charge in [-0.2, -0.15) is 30.7 Å². The van der Waals surface area contributed by atoms with Gasteiger partial charge in [-0.05, 0) is 6.08 Å². The van der Waals surface area contributed by atoms with Crippen molar-refractivity contribution in [2.24, 2.45) is 0 Å². The van der Waals surface area contributed by atoms with E-state index in [9.17, 15) is 40.3 Å². The van der Waals surface area contributed by atoms with Crippen molar-refractivity contribution in [2.45, 2.75) is 18.0 Å². The van der Waals surface area contributed by atoms with Crippen LogP contribution in [0.1, 0.15) is 20.7 Å². The summed E-state index contributed by atoms with van der Waals surface area (Å²) >= 11 is 0. The molecule has 0 unspecified atom stereocenters. The summed E-state index contributed by atoms with van der Waals surface area (Å²) in [6.45, 7) is 0. The Hall–Kier alpha value is -2.19. The fraction of sp³-hybridized carbons (Fsp3) is 0.231. The number of Topliss-reactive ketones (excluding diaryl/α,β-unsaturated/α-hetero) is 1. The minimum absolute atomic E-state index is 0.176. The maximum Gasteiger partial charge on any atom is 0.460 e. The first-order chi connectivity index (χ1) is 9.91. The van der Waals surface area contributed by atoms with Crippen LogP contribution in [-0.2, 0) is 0 Å². The molecule has 0 atom stereocenters. The van der Waals surface area contributed by atoms with E-state index in [0.29, 0.717) is 0 Å². The highest BCUT2D eigenvalue weighted by molar-refractivity contribution is 6.25. The van der Waals surface area contributed by atoms with Gasteiger partial charge in [-0.15, -0.1) is 0 Å². The van der Waals surface area contributed by atoms with Crippen LogP contribution in [0.3, 0.4) is 0 Å². The van der Waals surface area contributed by atoms with E-state index in [4.69, 9.17) is 0 Å². The second-order valence-corrected chi connectivity index (χ2v) is 4.44. The molecular formula is C13H5F7O2.